The molecule has 0 saturated carbocycles. The third-order valence-electron chi connectivity index (χ3n) is 4.88. The van der Waals surface area contributed by atoms with Crippen molar-refractivity contribution in [1.82, 2.24) is 9.55 Å². The minimum Gasteiger partial charge on any atom is -0.310 e. The van der Waals surface area contributed by atoms with E-state index >= 15 is 0 Å². The van der Waals surface area contributed by atoms with Gasteiger partial charge in [0.15, 0.2) is 4.80 Å². The van der Waals surface area contributed by atoms with Crippen LogP contribution in [0, 0.1) is 5.82 Å². The maximum absolute atomic E-state index is 14.5. The smallest absolute Gasteiger partial charge is 0.280 e. The van der Waals surface area contributed by atoms with Gasteiger partial charge in [-0.1, -0.05) is 47.7 Å². The van der Waals surface area contributed by atoms with Crippen LogP contribution in [-0.4, -0.2) is 15.5 Å². The van der Waals surface area contributed by atoms with Crippen LogP contribution >= 0.6 is 22.7 Å². The number of pyridine rings is 1. The van der Waals surface area contributed by atoms with Crippen molar-refractivity contribution in [3.05, 3.63) is 94.9 Å². The van der Waals surface area contributed by atoms with Crippen LogP contribution in [0.2, 0.25) is 0 Å². The summed E-state index contributed by atoms with van der Waals surface area (Å²) in [6.07, 6.45) is 1.67. The van der Waals surface area contributed by atoms with Crippen LogP contribution in [-0.2, 0) is 6.54 Å². The quantitative estimate of drug-likeness (QED) is 0.316. The van der Waals surface area contributed by atoms with E-state index in [0.29, 0.717) is 22.4 Å². The van der Waals surface area contributed by atoms with Gasteiger partial charge in [-0.2, -0.15) is 4.99 Å². The molecule has 31 heavy (non-hydrogen) atoms. The van der Waals surface area contributed by atoms with E-state index in [1.807, 2.05) is 47.8 Å². The molecule has 3 aromatic heterocycles. The number of rotatable bonds is 4. The molecular formula is C24H16FN3OS2. The molecule has 1 amide bonds. The van der Waals surface area contributed by atoms with Gasteiger partial charge in [-0.25, -0.2) is 9.37 Å². The van der Waals surface area contributed by atoms with Crippen molar-refractivity contribution in [3.63, 3.8) is 0 Å². The number of nitrogens with zero attached hydrogens (tertiary/aromatic N) is 3. The Labute approximate surface area is 185 Å². The normalized spacial score (nSPS) is 12.0. The molecule has 2 aromatic carbocycles. The second kappa shape index (κ2) is 8.02. The van der Waals surface area contributed by atoms with Crippen molar-refractivity contribution >= 4 is 49.7 Å². The molecule has 0 unspecified atom stereocenters. The highest BCUT2D eigenvalue weighted by molar-refractivity contribution is 7.16. The molecular weight excluding hydrogens is 429 g/mol. The van der Waals surface area contributed by atoms with E-state index in [-0.39, 0.29) is 11.7 Å². The van der Waals surface area contributed by atoms with E-state index in [1.54, 1.807) is 34.1 Å². The first kappa shape index (κ1) is 19.5. The van der Waals surface area contributed by atoms with E-state index in [1.165, 1.54) is 17.4 Å². The number of thiazole rings is 1. The topological polar surface area (TPSA) is 47.2 Å². The highest BCUT2D eigenvalue weighted by Gasteiger charge is 2.16. The lowest BCUT2D eigenvalue weighted by Crippen LogP contribution is -2.17. The number of allylic oxidation sites excluding steroid dienone is 1. The molecule has 0 aliphatic rings. The largest absolute Gasteiger partial charge is 0.310 e. The zero-order chi connectivity index (χ0) is 21.4. The number of halogens is 1. The van der Waals surface area contributed by atoms with E-state index in [2.05, 4.69) is 11.6 Å². The number of carbonyl (C=O) groups excluding carboxylic acids is 1. The standard InChI is InChI=1S/C24H16FN3OS2/c1-2-12-28-22-17(25)8-5-10-21(22)31-24(28)27-23(29)16-14-19(20-11-6-13-30-20)26-18-9-4-3-7-15(16)18/h2-11,13-14H,1,12H2. The van der Waals surface area contributed by atoms with Gasteiger partial charge in [0.1, 0.15) is 5.82 Å². The Kier molecular flexibility index (Phi) is 5.05. The molecule has 0 atom stereocenters. The Morgan fingerprint density at radius 3 is 2.84 bits per heavy atom. The number of hydrogen-bond donors (Lipinski definition) is 0. The van der Waals surface area contributed by atoms with Crippen LogP contribution in [0.25, 0.3) is 31.7 Å². The summed E-state index contributed by atoms with van der Waals surface area (Å²) in [6.45, 7) is 4.11. The summed E-state index contributed by atoms with van der Waals surface area (Å²) in [7, 11) is 0. The van der Waals surface area contributed by atoms with Crippen LogP contribution < -0.4 is 4.80 Å². The second-order valence-corrected chi connectivity index (χ2v) is 8.79. The molecule has 0 aliphatic heterocycles. The number of thiophene rings is 1. The number of benzene rings is 2. The van der Waals surface area contributed by atoms with Crippen LogP contribution in [0.15, 0.2) is 83.7 Å². The Morgan fingerprint density at radius 2 is 2.03 bits per heavy atom. The predicted molar refractivity (Wildman–Crippen MR) is 125 cm³/mol. The first-order valence-corrected chi connectivity index (χ1v) is 11.3. The molecule has 0 spiro atoms. The maximum Gasteiger partial charge on any atom is 0.280 e. The molecule has 152 valence electrons. The number of para-hydroxylation sites is 2. The van der Waals surface area contributed by atoms with Gasteiger partial charge < -0.3 is 4.57 Å². The molecule has 4 nitrogen and oxygen atoms in total. The Hall–Kier alpha value is -3.42. The van der Waals surface area contributed by atoms with Crippen LogP contribution in [0.1, 0.15) is 10.4 Å². The summed E-state index contributed by atoms with van der Waals surface area (Å²) in [5.41, 5.74) is 2.36. The molecule has 3 heterocycles. The van der Waals surface area contributed by atoms with Crippen LogP contribution in [0.4, 0.5) is 4.39 Å². The highest BCUT2D eigenvalue weighted by Crippen LogP contribution is 2.28. The molecule has 0 fully saturated rings. The third kappa shape index (κ3) is 3.52. The lowest BCUT2D eigenvalue weighted by atomic mass is 10.1. The number of hydrogen-bond acceptors (Lipinski definition) is 4. The lowest BCUT2D eigenvalue weighted by Gasteiger charge is -2.06. The summed E-state index contributed by atoms with van der Waals surface area (Å²) < 4.78 is 16.9. The molecule has 0 aliphatic carbocycles. The van der Waals surface area contributed by atoms with E-state index < -0.39 is 0 Å². The highest BCUT2D eigenvalue weighted by atomic mass is 32.1. The fraction of sp³-hybridized carbons (Fsp3) is 0.0417. The number of fused-ring (bicyclic) bond motifs is 2. The van der Waals surface area contributed by atoms with Crippen molar-refractivity contribution in [2.45, 2.75) is 6.54 Å². The van der Waals surface area contributed by atoms with Gasteiger partial charge in [0.05, 0.1) is 31.9 Å². The van der Waals surface area contributed by atoms with Gasteiger partial charge >= 0.3 is 0 Å². The second-order valence-electron chi connectivity index (χ2n) is 6.84. The molecule has 7 heteroatoms. The van der Waals surface area contributed by atoms with E-state index in [9.17, 15) is 9.18 Å². The number of carbonyl (C=O) groups is 1. The van der Waals surface area contributed by atoms with Gasteiger partial charge in [-0.05, 0) is 35.7 Å². The first-order chi connectivity index (χ1) is 15.2. The summed E-state index contributed by atoms with van der Waals surface area (Å²) in [5.74, 6) is -0.736. The molecule has 0 saturated heterocycles. The minimum absolute atomic E-state index is 0.348. The molecule has 0 bridgehead atoms. The van der Waals surface area contributed by atoms with Crippen LogP contribution in [0.5, 0.6) is 0 Å². The number of amides is 1. The lowest BCUT2D eigenvalue weighted by molar-refractivity contribution is 0.0999. The fourth-order valence-corrected chi connectivity index (χ4v) is 5.26. The summed E-state index contributed by atoms with van der Waals surface area (Å²) >= 11 is 2.85. The monoisotopic (exact) mass is 445 g/mol. The zero-order valence-electron chi connectivity index (χ0n) is 16.3. The Bertz CT molecular complexity index is 1510. The number of aromatic nitrogens is 2. The SMILES string of the molecule is C=CCn1c(=NC(=O)c2cc(-c3cccs3)nc3ccccc23)sc2cccc(F)c21. The third-order valence-corrected chi connectivity index (χ3v) is 6.82. The first-order valence-electron chi connectivity index (χ1n) is 9.57. The van der Waals surface area contributed by atoms with Gasteiger partial charge in [0.25, 0.3) is 5.91 Å². The minimum atomic E-state index is -0.388. The molecule has 0 radical (unpaired) electrons. The van der Waals surface area contributed by atoms with Gasteiger partial charge in [0.2, 0.25) is 0 Å². The summed E-state index contributed by atoms with van der Waals surface area (Å²) in [6, 6.07) is 18.1. The van der Waals surface area contributed by atoms with E-state index in [0.717, 1.165) is 26.2 Å². The van der Waals surface area contributed by atoms with Crippen molar-refractivity contribution < 1.29 is 9.18 Å². The molecule has 0 N–H and O–H groups in total. The van der Waals surface area contributed by atoms with Crippen molar-refractivity contribution in [2.24, 2.45) is 4.99 Å². The molecule has 5 aromatic rings. The fourth-order valence-electron chi connectivity index (χ4n) is 3.52. The van der Waals surface area contributed by atoms with Crippen molar-refractivity contribution in [2.75, 3.05) is 0 Å². The Balaban J connectivity index is 1.73. The van der Waals surface area contributed by atoms with Gasteiger partial charge in [0, 0.05) is 11.9 Å². The predicted octanol–water partition coefficient (Wildman–Crippen LogP) is 6.05. The summed E-state index contributed by atoms with van der Waals surface area (Å²) in [5, 5.41) is 2.71. The maximum atomic E-state index is 14.5. The average molecular weight is 446 g/mol. The van der Waals surface area contributed by atoms with Crippen molar-refractivity contribution in [1.29, 1.82) is 0 Å². The van der Waals surface area contributed by atoms with Crippen molar-refractivity contribution in [3.8, 4) is 10.6 Å². The van der Waals surface area contributed by atoms with E-state index in [4.69, 9.17) is 4.98 Å². The van der Waals surface area contributed by atoms with Crippen LogP contribution in [0.3, 0.4) is 0 Å². The average Bonchev–Trinajstić information content (AvgIpc) is 3.43. The van der Waals surface area contributed by atoms with Gasteiger partial charge in [-0.15, -0.1) is 17.9 Å². The summed E-state index contributed by atoms with van der Waals surface area (Å²) in [4.78, 5) is 23.9. The Morgan fingerprint density at radius 1 is 1.16 bits per heavy atom. The molecule has 5 rings (SSSR count). The van der Waals surface area contributed by atoms with Gasteiger partial charge in [-0.3, -0.25) is 4.79 Å². The zero-order valence-corrected chi connectivity index (χ0v) is 17.9.